The van der Waals surface area contributed by atoms with Crippen molar-refractivity contribution >= 4 is 17.2 Å². The van der Waals surface area contributed by atoms with Gasteiger partial charge in [-0.05, 0) is 41.0 Å². The van der Waals surface area contributed by atoms with E-state index in [0.29, 0.717) is 0 Å². The molecule has 3 aromatic rings. The van der Waals surface area contributed by atoms with Gasteiger partial charge < -0.3 is 4.74 Å². The zero-order chi connectivity index (χ0) is 26.5. The maximum Gasteiger partial charge on any atom is 0.417 e. The van der Waals surface area contributed by atoms with Crippen LogP contribution in [0.25, 0.3) is 5.57 Å². The molecule has 0 amide bonds. The molecule has 3 rings (SSSR count). The molecular weight excluding hydrogens is 492 g/mol. The molecule has 5 nitrogen and oxygen atoms in total. The third-order valence-electron chi connectivity index (χ3n) is 4.81. The third kappa shape index (κ3) is 6.38. The Morgan fingerprint density at radius 1 is 0.778 bits per heavy atom. The van der Waals surface area contributed by atoms with Crippen molar-refractivity contribution in [1.29, 1.82) is 0 Å². The smallest absolute Gasteiger partial charge is 0.417 e. The summed E-state index contributed by atoms with van der Waals surface area (Å²) in [4.78, 5) is 22.1. The molecule has 0 unspecified atom stereocenters. The maximum absolute atomic E-state index is 13.6. The second-order valence-corrected chi connectivity index (χ2v) is 7.20. The van der Waals surface area contributed by atoms with Crippen molar-refractivity contribution in [2.45, 2.75) is 12.4 Å². The van der Waals surface area contributed by atoms with Crippen LogP contribution < -0.4 is 4.74 Å². The summed E-state index contributed by atoms with van der Waals surface area (Å²) < 4.78 is 86.8. The molecule has 36 heavy (non-hydrogen) atoms. The number of carbonyl (C=O) groups is 1. The van der Waals surface area contributed by atoms with Crippen LogP contribution in [0, 0.1) is 10.1 Å². The van der Waals surface area contributed by atoms with Crippen LogP contribution >= 0.6 is 0 Å². The maximum atomic E-state index is 13.6. The lowest BCUT2D eigenvalue weighted by Gasteiger charge is -2.19. The first-order valence-corrected chi connectivity index (χ1v) is 10.1. The normalized spacial score (nSPS) is 11.8. The van der Waals surface area contributed by atoms with Crippen LogP contribution in [0.1, 0.15) is 22.3 Å². The van der Waals surface area contributed by atoms with Gasteiger partial charge in [-0.3, -0.25) is 10.1 Å². The number of rotatable bonds is 6. The molecule has 0 aliphatic rings. The van der Waals surface area contributed by atoms with E-state index in [0.717, 1.165) is 78.9 Å². The predicted molar refractivity (Wildman–Crippen MR) is 118 cm³/mol. The van der Waals surface area contributed by atoms with E-state index in [1.54, 1.807) is 0 Å². The minimum Gasteiger partial charge on any atom is -0.423 e. The zero-order valence-electron chi connectivity index (χ0n) is 18.0. The standard InChI is InChI=1S/C25H15F6NO4/c26-24(27,28)21-9-3-1-6-19(21)18(20-7-2-4-10-22(20)25(29,30)31)8-5-11-23(33)36-17-14-12-16(13-15-17)32(34)35/h1-15H. The Morgan fingerprint density at radius 2 is 1.25 bits per heavy atom. The fraction of sp³-hybridized carbons (Fsp3) is 0.0800. The summed E-state index contributed by atoms with van der Waals surface area (Å²) in [7, 11) is 0. The minimum atomic E-state index is -4.86. The van der Waals surface area contributed by atoms with Gasteiger partial charge >= 0.3 is 18.3 Å². The molecule has 186 valence electrons. The molecule has 0 aliphatic carbocycles. The molecule has 0 aromatic heterocycles. The van der Waals surface area contributed by atoms with Crippen LogP contribution in [0.5, 0.6) is 5.75 Å². The molecule has 0 atom stereocenters. The highest BCUT2D eigenvalue weighted by molar-refractivity contribution is 5.87. The topological polar surface area (TPSA) is 69.4 Å². The summed E-state index contributed by atoms with van der Waals surface area (Å²) in [5.41, 5.74) is -4.02. The Morgan fingerprint density at radius 3 is 1.69 bits per heavy atom. The number of nitro benzene ring substituents is 1. The molecular formula is C25H15F6NO4. The zero-order valence-corrected chi connectivity index (χ0v) is 18.0. The van der Waals surface area contributed by atoms with Gasteiger partial charge in [0.2, 0.25) is 0 Å². The van der Waals surface area contributed by atoms with Gasteiger partial charge in [0.25, 0.3) is 5.69 Å². The van der Waals surface area contributed by atoms with E-state index >= 15 is 0 Å². The van der Waals surface area contributed by atoms with E-state index in [9.17, 15) is 41.3 Å². The largest absolute Gasteiger partial charge is 0.423 e. The quantitative estimate of drug-likeness (QED) is 0.0672. The first-order chi connectivity index (χ1) is 16.9. The molecule has 0 heterocycles. The highest BCUT2D eigenvalue weighted by Gasteiger charge is 2.37. The number of esters is 1. The van der Waals surface area contributed by atoms with E-state index in [-0.39, 0.29) is 11.4 Å². The van der Waals surface area contributed by atoms with Gasteiger partial charge in [0.1, 0.15) is 5.75 Å². The summed E-state index contributed by atoms with van der Waals surface area (Å²) in [6.07, 6.45) is -7.01. The summed E-state index contributed by atoms with van der Waals surface area (Å²) in [5, 5.41) is 10.7. The lowest BCUT2D eigenvalue weighted by molar-refractivity contribution is -0.384. The van der Waals surface area contributed by atoms with E-state index in [2.05, 4.69) is 0 Å². The Bertz CT molecular complexity index is 1270. The van der Waals surface area contributed by atoms with Gasteiger partial charge in [-0.1, -0.05) is 48.6 Å². The minimum absolute atomic E-state index is 0.0516. The van der Waals surface area contributed by atoms with Gasteiger partial charge in [-0.2, -0.15) is 26.3 Å². The van der Waals surface area contributed by atoms with Crippen LogP contribution in [0.2, 0.25) is 0 Å². The van der Waals surface area contributed by atoms with Crippen molar-refractivity contribution in [3.05, 3.63) is 123 Å². The molecule has 0 aliphatic heterocycles. The second kappa shape index (κ2) is 10.5. The second-order valence-electron chi connectivity index (χ2n) is 7.20. The summed E-state index contributed by atoms with van der Waals surface area (Å²) in [5.74, 6) is -1.06. The molecule has 0 saturated heterocycles. The van der Waals surface area contributed by atoms with Crippen LogP contribution in [0.3, 0.4) is 0 Å². The number of alkyl halides is 6. The highest BCUT2D eigenvalue weighted by atomic mass is 19.4. The first-order valence-electron chi connectivity index (χ1n) is 10.1. The lowest BCUT2D eigenvalue weighted by Crippen LogP contribution is -2.12. The fourth-order valence-electron chi connectivity index (χ4n) is 3.26. The third-order valence-corrected chi connectivity index (χ3v) is 4.81. The molecule has 0 bridgehead atoms. The van der Waals surface area contributed by atoms with Crippen molar-refractivity contribution < 1.29 is 40.8 Å². The van der Waals surface area contributed by atoms with Crippen LogP contribution in [-0.2, 0) is 17.1 Å². The number of carbonyl (C=O) groups excluding carboxylic acids is 1. The molecule has 0 fully saturated rings. The van der Waals surface area contributed by atoms with Crippen molar-refractivity contribution in [3.63, 3.8) is 0 Å². The van der Waals surface area contributed by atoms with E-state index < -0.39 is 51.1 Å². The predicted octanol–water partition coefficient (Wildman–Crippen LogP) is 7.23. The average molecular weight is 507 g/mol. The van der Waals surface area contributed by atoms with Crippen molar-refractivity contribution in [1.82, 2.24) is 0 Å². The average Bonchev–Trinajstić information content (AvgIpc) is 2.81. The van der Waals surface area contributed by atoms with Crippen LogP contribution in [0.15, 0.2) is 91.0 Å². The molecule has 11 heteroatoms. The van der Waals surface area contributed by atoms with Crippen LogP contribution in [0.4, 0.5) is 32.0 Å². The summed E-state index contributed by atoms with van der Waals surface area (Å²) in [6, 6.07) is 12.8. The lowest BCUT2D eigenvalue weighted by atomic mass is 9.90. The number of nitrogens with zero attached hydrogens (tertiary/aromatic N) is 1. The monoisotopic (exact) mass is 507 g/mol. The number of hydrogen-bond acceptors (Lipinski definition) is 4. The Hall–Kier alpha value is -4.41. The molecule has 0 radical (unpaired) electrons. The van der Waals surface area contributed by atoms with Gasteiger partial charge in [0.15, 0.2) is 0 Å². The van der Waals surface area contributed by atoms with Gasteiger partial charge in [-0.25, -0.2) is 4.79 Å². The Kier molecular flexibility index (Phi) is 7.62. The number of halogens is 6. The number of non-ortho nitro benzene ring substituents is 1. The number of nitro groups is 1. The fourth-order valence-corrected chi connectivity index (χ4v) is 3.26. The van der Waals surface area contributed by atoms with Crippen molar-refractivity contribution in [2.24, 2.45) is 0 Å². The van der Waals surface area contributed by atoms with Gasteiger partial charge in [-0.15, -0.1) is 0 Å². The van der Waals surface area contributed by atoms with Gasteiger partial charge in [0.05, 0.1) is 16.1 Å². The van der Waals surface area contributed by atoms with Gasteiger partial charge in [0, 0.05) is 18.2 Å². The summed E-state index contributed by atoms with van der Waals surface area (Å²) >= 11 is 0. The molecule has 0 saturated carbocycles. The molecule has 0 spiro atoms. The van der Waals surface area contributed by atoms with Crippen molar-refractivity contribution in [2.75, 3.05) is 0 Å². The van der Waals surface area contributed by atoms with Crippen LogP contribution in [-0.4, -0.2) is 10.9 Å². The Labute approximate surface area is 200 Å². The van der Waals surface area contributed by atoms with Crippen molar-refractivity contribution in [3.8, 4) is 5.75 Å². The number of benzene rings is 3. The Balaban J connectivity index is 2.03. The highest BCUT2D eigenvalue weighted by Crippen LogP contribution is 2.41. The molecule has 3 aromatic carbocycles. The molecule has 0 N–H and O–H groups in total. The number of hydrogen-bond donors (Lipinski definition) is 0. The van der Waals surface area contributed by atoms with E-state index in [1.165, 1.54) is 12.1 Å². The summed E-state index contributed by atoms with van der Waals surface area (Å²) in [6.45, 7) is 0. The van der Waals surface area contributed by atoms with E-state index in [1.807, 2.05) is 0 Å². The van der Waals surface area contributed by atoms with E-state index in [4.69, 9.17) is 4.74 Å². The SMILES string of the molecule is O=C(C=CC=C(c1ccccc1C(F)(F)F)c1ccccc1C(F)(F)F)Oc1ccc([N+](=O)[O-])cc1. The number of ether oxygens (including phenoxy) is 1. The number of allylic oxidation sites excluding steroid dienone is 2. The first kappa shape index (κ1) is 26.2.